The molecule has 0 radical (unpaired) electrons. The molecule has 13 heavy (non-hydrogen) atoms. The molecule has 1 aromatic rings. The fourth-order valence-electron chi connectivity index (χ4n) is 2.08. The quantitative estimate of drug-likeness (QED) is 0.703. The van der Waals surface area contributed by atoms with Gasteiger partial charge in [-0.25, -0.2) is 0 Å². The highest BCUT2D eigenvalue weighted by Crippen LogP contribution is 2.29. The molecule has 70 valence electrons. The Labute approximate surface area is 78.8 Å². The second kappa shape index (κ2) is 3.38. The second-order valence-corrected chi connectivity index (χ2v) is 3.61. The Morgan fingerprint density at radius 2 is 2.31 bits per heavy atom. The van der Waals surface area contributed by atoms with E-state index in [-0.39, 0.29) is 6.61 Å². The second-order valence-electron chi connectivity index (χ2n) is 3.61. The van der Waals surface area contributed by atoms with E-state index in [2.05, 4.69) is 18.0 Å². The Hall–Kier alpha value is -1.02. The van der Waals surface area contributed by atoms with E-state index in [0.717, 1.165) is 18.5 Å². The largest absolute Gasteiger partial charge is 0.392 e. The number of aliphatic hydroxyl groups excluding tert-OH is 1. The van der Waals surface area contributed by atoms with E-state index in [1.54, 1.807) is 0 Å². The maximum atomic E-state index is 9.18. The molecule has 0 spiro atoms. The van der Waals surface area contributed by atoms with Gasteiger partial charge in [0.1, 0.15) is 0 Å². The third kappa shape index (κ3) is 1.42. The number of benzene rings is 1. The van der Waals surface area contributed by atoms with Gasteiger partial charge in [0.15, 0.2) is 0 Å². The third-order valence-corrected chi connectivity index (χ3v) is 2.69. The summed E-state index contributed by atoms with van der Waals surface area (Å²) in [6.45, 7) is 1.25. The number of aryl methyl sites for hydroxylation is 1. The van der Waals surface area contributed by atoms with Crippen LogP contribution >= 0.6 is 0 Å². The van der Waals surface area contributed by atoms with E-state index in [9.17, 15) is 5.11 Å². The molecule has 1 aliphatic rings. The van der Waals surface area contributed by atoms with Crippen LogP contribution in [-0.4, -0.2) is 18.7 Å². The van der Waals surface area contributed by atoms with Crippen LogP contribution in [0.25, 0.3) is 0 Å². The van der Waals surface area contributed by atoms with Crippen molar-refractivity contribution in [2.75, 3.05) is 18.5 Å². The van der Waals surface area contributed by atoms with Crippen LogP contribution in [-0.2, 0) is 13.0 Å². The zero-order chi connectivity index (χ0) is 9.26. The lowest BCUT2D eigenvalue weighted by Crippen LogP contribution is -2.25. The monoisotopic (exact) mass is 177 g/mol. The molecule has 0 fully saturated rings. The van der Waals surface area contributed by atoms with Gasteiger partial charge in [0.05, 0.1) is 6.61 Å². The van der Waals surface area contributed by atoms with Crippen LogP contribution in [0.4, 0.5) is 5.69 Å². The van der Waals surface area contributed by atoms with Gasteiger partial charge in [-0.15, -0.1) is 0 Å². The molecule has 0 saturated carbocycles. The van der Waals surface area contributed by atoms with Gasteiger partial charge < -0.3 is 10.0 Å². The van der Waals surface area contributed by atoms with Gasteiger partial charge in [0.2, 0.25) is 0 Å². The number of aliphatic hydroxyl groups is 1. The summed E-state index contributed by atoms with van der Waals surface area (Å²) in [5.41, 5.74) is 3.68. The number of hydrogen-bond donors (Lipinski definition) is 1. The molecule has 0 saturated heterocycles. The van der Waals surface area contributed by atoms with Gasteiger partial charge in [0, 0.05) is 24.8 Å². The van der Waals surface area contributed by atoms with Crippen molar-refractivity contribution >= 4 is 5.69 Å². The van der Waals surface area contributed by atoms with Crippen molar-refractivity contribution in [2.45, 2.75) is 19.4 Å². The lowest BCUT2D eigenvalue weighted by Gasteiger charge is -2.29. The van der Waals surface area contributed by atoms with Crippen LogP contribution < -0.4 is 4.90 Å². The number of fused-ring (bicyclic) bond motifs is 1. The van der Waals surface area contributed by atoms with E-state index in [1.807, 2.05) is 12.1 Å². The van der Waals surface area contributed by atoms with Crippen LogP contribution in [0.2, 0.25) is 0 Å². The van der Waals surface area contributed by atoms with E-state index in [0.29, 0.717) is 0 Å². The van der Waals surface area contributed by atoms with Gasteiger partial charge in [-0.2, -0.15) is 0 Å². The van der Waals surface area contributed by atoms with Crippen LogP contribution in [0.15, 0.2) is 18.2 Å². The minimum atomic E-state index is 0.146. The first-order valence-electron chi connectivity index (χ1n) is 4.75. The van der Waals surface area contributed by atoms with Crippen molar-refractivity contribution in [3.05, 3.63) is 29.3 Å². The first kappa shape index (κ1) is 8.57. The van der Waals surface area contributed by atoms with Crippen LogP contribution in [0.1, 0.15) is 17.5 Å². The lowest BCUT2D eigenvalue weighted by molar-refractivity contribution is 0.282. The summed E-state index contributed by atoms with van der Waals surface area (Å²) in [6.07, 6.45) is 2.37. The van der Waals surface area contributed by atoms with E-state index in [4.69, 9.17) is 0 Å². The molecule has 0 unspecified atom stereocenters. The lowest BCUT2D eigenvalue weighted by atomic mass is 9.98. The van der Waals surface area contributed by atoms with Gasteiger partial charge >= 0.3 is 0 Å². The summed E-state index contributed by atoms with van der Waals surface area (Å²) in [5, 5.41) is 9.18. The molecule has 2 nitrogen and oxygen atoms in total. The zero-order valence-corrected chi connectivity index (χ0v) is 7.95. The summed E-state index contributed by atoms with van der Waals surface area (Å²) >= 11 is 0. The van der Waals surface area contributed by atoms with Crippen LogP contribution in [0.3, 0.4) is 0 Å². The predicted octanol–water partition coefficient (Wildman–Crippen LogP) is 1.56. The molecule has 0 amide bonds. The summed E-state index contributed by atoms with van der Waals surface area (Å²) in [5.74, 6) is 0. The first-order valence-corrected chi connectivity index (χ1v) is 4.75. The summed E-state index contributed by atoms with van der Waals surface area (Å²) in [7, 11) is 2.09. The SMILES string of the molecule is CN1CCCc2cccc(CO)c21. The normalized spacial score (nSPS) is 15.7. The molecule has 0 aliphatic carbocycles. The number of anilines is 1. The Balaban J connectivity index is 2.50. The van der Waals surface area contributed by atoms with Crippen LogP contribution in [0.5, 0.6) is 0 Å². The Kier molecular flexibility index (Phi) is 2.23. The van der Waals surface area contributed by atoms with Crippen molar-refractivity contribution in [3.63, 3.8) is 0 Å². The molecule has 1 heterocycles. The van der Waals surface area contributed by atoms with Crippen molar-refractivity contribution in [2.24, 2.45) is 0 Å². The van der Waals surface area contributed by atoms with E-state index < -0.39 is 0 Å². The smallest absolute Gasteiger partial charge is 0.0702 e. The number of nitrogens with zero attached hydrogens (tertiary/aromatic N) is 1. The molecule has 2 heteroatoms. The Bertz CT molecular complexity index is 295. The van der Waals surface area contributed by atoms with Gasteiger partial charge in [0.25, 0.3) is 0 Å². The molecular formula is C11H15NO. The van der Waals surface area contributed by atoms with Gasteiger partial charge in [-0.05, 0) is 18.4 Å². The number of hydrogen-bond acceptors (Lipinski definition) is 2. The minimum Gasteiger partial charge on any atom is -0.392 e. The highest BCUT2D eigenvalue weighted by Gasteiger charge is 2.15. The summed E-state index contributed by atoms with van der Waals surface area (Å²) < 4.78 is 0. The molecule has 0 atom stereocenters. The fourth-order valence-corrected chi connectivity index (χ4v) is 2.08. The number of para-hydroxylation sites is 1. The van der Waals surface area contributed by atoms with Gasteiger partial charge in [-0.3, -0.25) is 0 Å². The Morgan fingerprint density at radius 3 is 3.08 bits per heavy atom. The molecule has 1 aliphatic heterocycles. The highest BCUT2D eigenvalue weighted by molar-refractivity contribution is 5.60. The average molecular weight is 177 g/mol. The maximum absolute atomic E-state index is 9.18. The van der Waals surface area contributed by atoms with Crippen molar-refractivity contribution in [3.8, 4) is 0 Å². The topological polar surface area (TPSA) is 23.5 Å². The number of rotatable bonds is 1. The molecule has 0 bridgehead atoms. The Morgan fingerprint density at radius 1 is 1.46 bits per heavy atom. The van der Waals surface area contributed by atoms with Gasteiger partial charge in [-0.1, -0.05) is 18.2 Å². The maximum Gasteiger partial charge on any atom is 0.0702 e. The highest BCUT2D eigenvalue weighted by atomic mass is 16.3. The van der Waals surface area contributed by atoms with E-state index >= 15 is 0 Å². The van der Waals surface area contributed by atoms with Crippen molar-refractivity contribution in [1.29, 1.82) is 0 Å². The first-order chi connectivity index (χ1) is 6.33. The molecule has 1 aromatic carbocycles. The zero-order valence-electron chi connectivity index (χ0n) is 7.95. The molecule has 1 N–H and O–H groups in total. The fraction of sp³-hybridized carbons (Fsp3) is 0.455. The van der Waals surface area contributed by atoms with Crippen LogP contribution in [0, 0.1) is 0 Å². The summed E-state index contributed by atoms with van der Waals surface area (Å²) in [6, 6.07) is 6.19. The van der Waals surface area contributed by atoms with E-state index in [1.165, 1.54) is 17.7 Å². The minimum absolute atomic E-state index is 0.146. The standard InChI is InChI=1S/C11H15NO/c1-12-7-3-6-9-4-2-5-10(8-13)11(9)12/h2,4-5,13H,3,6-8H2,1H3. The van der Waals surface area contributed by atoms with Crippen molar-refractivity contribution in [1.82, 2.24) is 0 Å². The van der Waals surface area contributed by atoms with Crippen molar-refractivity contribution < 1.29 is 5.11 Å². The molecule has 2 rings (SSSR count). The predicted molar refractivity (Wildman–Crippen MR) is 54.0 cm³/mol. The third-order valence-electron chi connectivity index (χ3n) is 2.69. The average Bonchev–Trinajstić information content (AvgIpc) is 2.17. The molecule has 0 aromatic heterocycles. The summed E-state index contributed by atoms with van der Waals surface area (Å²) in [4.78, 5) is 2.24. The molecular weight excluding hydrogens is 162 g/mol.